The van der Waals surface area contributed by atoms with Crippen molar-refractivity contribution in [3.05, 3.63) is 58.4 Å². The third-order valence-electron chi connectivity index (χ3n) is 2.78. The molecule has 2 aromatic heterocycles. The van der Waals surface area contributed by atoms with Crippen LogP contribution in [0.25, 0.3) is 0 Å². The molecule has 2 heterocycles. The first kappa shape index (κ1) is 13.1. The first-order valence-electron chi connectivity index (χ1n) is 6.07. The number of nitrogens with one attached hydrogen (secondary N) is 1. The molecule has 19 heavy (non-hydrogen) atoms. The number of hydrogen-bond acceptors (Lipinski definition) is 3. The van der Waals surface area contributed by atoms with Gasteiger partial charge in [0, 0.05) is 12.3 Å². The van der Waals surface area contributed by atoms with E-state index in [9.17, 15) is 9.59 Å². The minimum Gasteiger partial charge on any atom is -0.464 e. The number of nitrogens with zero attached hydrogens (tertiary/aromatic N) is 1. The van der Waals surface area contributed by atoms with Gasteiger partial charge in [0.2, 0.25) is 5.91 Å². The van der Waals surface area contributed by atoms with Gasteiger partial charge in [-0.2, -0.15) is 0 Å². The number of rotatable bonds is 4. The van der Waals surface area contributed by atoms with E-state index in [-0.39, 0.29) is 24.1 Å². The first-order valence-corrected chi connectivity index (χ1v) is 6.07. The largest absolute Gasteiger partial charge is 0.464 e. The molecule has 2 rings (SSSR count). The highest BCUT2D eigenvalue weighted by Crippen LogP contribution is 2.15. The Kier molecular flexibility index (Phi) is 3.85. The predicted octanol–water partition coefficient (Wildman–Crippen LogP) is 1.63. The van der Waals surface area contributed by atoms with E-state index in [2.05, 4.69) is 5.32 Å². The third kappa shape index (κ3) is 3.34. The minimum absolute atomic E-state index is 0.00367. The monoisotopic (exact) mass is 260 g/mol. The number of hydrogen-bond donors (Lipinski definition) is 1. The normalized spacial score (nSPS) is 12.1. The van der Waals surface area contributed by atoms with Gasteiger partial charge in [-0.05, 0) is 32.0 Å². The molecular weight excluding hydrogens is 244 g/mol. The minimum atomic E-state index is -0.227. The van der Waals surface area contributed by atoms with Crippen molar-refractivity contribution in [3.8, 4) is 0 Å². The second kappa shape index (κ2) is 5.56. The summed E-state index contributed by atoms with van der Waals surface area (Å²) < 4.78 is 6.79. The Morgan fingerprint density at radius 1 is 1.37 bits per heavy atom. The van der Waals surface area contributed by atoms with Gasteiger partial charge in [0.1, 0.15) is 18.1 Å². The van der Waals surface area contributed by atoms with E-state index in [0.717, 1.165) is 5.76 Å². The van der Waals surface area contributed by atoms with Crippen LogP contribution in [0.5, 0.6) is 0 Å². The van der Waals surface area contributed by atoms with E-state index in [1.807, 2.05) is 26.0 Å². The number of amides is 1. The molecule has 0 aliphatic carbocycles. The maximum atomic E-state index is 11.8. The molecule has 0 spiro atoms. The number of carbonyl (C=O) groups excluding carboxylic acids is 1. The molecule has 0 saturated carbocycles. The molecule has 1 atom stereocenters. The van der Waals surface area contributed by atoms with Crippen molar-refractivity contribution in [2.45, 2.75) is 26.4 Å². The van der Waals surface area contributed by atoms with Gasteiger partial charge in [-0.15, -0.1) is 0 Å². The van der Waals surface area contributed by atoms with Crippen LogP contribution >= 0.6 is 0 Å². The zero-order valence-corrected chi connectivity index (χ0v) is 10.9. The van der Waals surface area contributed by atoms with E-state index in [0.29, 0.717) is 5.76 Å². The SMILES string of the molecule is Cc1ccc([C@@H](C)NC(=O)Cn2ccccc2=O)o1. The smallest absolute Gasteiger partial charge is 0.250 e. The molecule has 1 N–H and O–H groups in total. The highest BCUT2D eigenvalue weighted by Gasteiger charge is 2.13. The van der Waals surface area contributed by atoms with Gasteiger partial charge in [0.15, 0.2) is 0 Å². The summed E-state index contributed by atoms with van der Waals surface area (Å²) in [4.78, 5) is 23.3. The fourth-order valence-electron chi connectivity index (χ4n) is 1.79. The Bertz CT molecular complexity index is 627. The van der Waals surface area contributed by atoms with Gasteiger partial charge in [-0.25, -0.2) is 0 Å². The summed E-state index contributed by atoms with van der Waals surface area (Å²) in [6.07, 6.45) is 1.59. The van der Waals surface area contributed by atoms with Crippen LogP contribution in [0.15, 0.2) is 45.7 Å². The lowest BCUT2D eigenvalue weighted by atomic mass is 10.2. The van der Waals surface area contributed by atoms with Gasteiger partial charge in [0.05, 0.1) is 6.04 Å². The second-order valence-corrected chi connectivity index (χ2v) is 4.40. The van der Waals surface area contributed by atoms with Gasteiger partial charge in [0.25, 0.3) is 5.56 Å². The molecule has 2 aromatic rings. The quantitative estimate of drug-likeness (QED) is 0.908. The van der Waals surface area contributed by atoms with Crippen LogP contribution in [0.2, 0.25) is 0 Å². The van der Waals surface area contributed by atoms with Crippen molar-refractivity contribution in [2.75, 3.05) is 0 Å². The maximum absolute atomic E-state index is 11.8. The molecule has 0 aliphatic rings. The van der Waals surface area contributed by atoms with Crippen LogP contribution < -0.4 is 10.9 Å². The van der Waals surface area contributed by atoms with Crippen molar-refractivity contribution in [1.82, 2.24) is 9.88 Å². The maximum Gasteiger partial charge on any atom is 0.250 e. The van der Waals surface area contributed by atoms with Crippen LogP contribution in [0, 0.1) is 6.92 Å². The van der Waals surface area contributed by atoms with Crippen LogP contribution in [-0.4, -0.2) is 10.5 Å². The molecule has 0 aliphatic heterocycles. The van der Waals surface area contributed by atoms with Crippen LogP contribution in [-0.2, 0) is 11.3 Å². The summed E-state index contributed by atoms with van der Waals surface area (Å²) in [5.74, 6) is 1.27. The average Bonchev–Trinajstić information content (AvgIpc) is 2.79. The van der Waals surface area contributed by atoms with Crippen molar-refractivity contribution in [2.24, 2.45) is 0 Å². The topological polar surface area (TPSA) is 64.2 Å². The number of aryl methyl sites for hydroxylation is 1. The predicted molar refractivity (Wildman–Crippen MR) is 70.7 cm³/mol. The molecule has 5 heteroatoms. The zero-order valence-electron chi connectivity index (χ0n) is 10.9. The highest BCUT2D eigenvalue weighted by atomic mass is 16.3. The van der Waals surface area contributed by atoms with E-state index in [1.54, 1.807) is 18.3 Å². The molecule has 1 amide bonds. The first-order chi connectivity index (χ1) is 9.06. The molecule has 0 aromatic carbocycles. The lowest BCUT2D eigenvalue weighted by Crippen LogP contribution is -2.33. The van der Waals surface area contributed by atoms with E-state index < -0.39 is 0 Å². The fourth-order valence-corrected chi connectivity index (χ4v) is 1.79. The molecule has 100 valence electrons. The van der Waals surface area contributed by atoms with Crippen molar-refractivity contribution < 1.29 is 9.21 Å². The second-order valence-electron chi connectivity index (χ2n) is 4.40. The summed E-state index contributed by atoms with van der Waals surface area (Å²) in [7, 11) is 0. The lowest BCUT2D eigenvalue weighted by Gasteiger charge is -2.12. The third-order valence-corrected chi connectivity index (χ3v) is 2.78. The van der Waals surface area contributed by atoms with Gasteiger partial charge in [-0.3, -0.25) is 9.59 Å². The molecule has 0 bridgehead atoms. The van der Waals surface area contributed by atoms with Crippen LogP contribution in [0.1, 0.15) is 24.5 Å². The summed E-state index contributed by atoms with van der Waals surface area (Å²) in [5.41, 5.74) is -0.195. The van der Waals surface area contributed by atoms with E-state index >= 15 is 0 Å². The Morgan fingerprint density at radius 2 is 2.16 bits per heavy atom. The summed E-state index contributed by atoms with van der Waals surface area (Å²) in [5, 5.41) is 2.79. The Hall–Kier alpha value is -2.30. The summed E-state index contributed by atoms with van der Waals surface area (Å²) >= 11 is 0. The number of furan rings is 1. The molecule has 5 nitrogen and oxygen atoms in total. The average molecular weight is 260 g/mol. The van der Waals surface area contributed by atoms with Gasteiger partial charge in [-0.1, -0.05) is 6.07 Å². The summed E-state index contributed by atoms with van der Waals surface area (Å²) in [6.45, 7) is 3.69. The lowest BCUT2D eigenvalue weighted by molar-refractivity contribution is -0.122. The van der Waals surface area contributed by atoms with E-state index in [4.69, 9.17) is 4.42 Å². The highest BCUT2D eigenvalue weighted by molar-refractivity contribution is 5.76. The number of carbonyl (C=O) groups is 1. The van der Waals surface area contributed by atoms with Crippen molar-refractivity contribution in [1.29, 1.82) is 0 Å². The Balaban J connectivity index is 1.98. The Labute approximate surface area is 110 Å². The van der Waals surface area contributed by atoms with Crippen LogP contribution in [0.4, 0.5) is 0 Å². The van der Waals surface area contributed by atoms with E-state index in [1.165, 1.54) is 10.6 Å². The summed E-state index contributed by atoms with van der Waals surface area (Å²) in [6, 6.07) is 8.24. The van der Waals surface area contributed by atoms with Gasteiger partial charge >= 0.3 is 0 Å². The van der Waals surface area contributed by atoms with Crippen molar-refractivity contribution in [3.63, 3.8) is 0 Å². The zero-order chi connectivity index (χ0) is 13.8. The Morgan fingerprint density at radius 3 is 2.79 bits per heavy atom. The van der Waals surface area contributed by atoms with Gasteiger partial charge < -0.3 is 14.3 Å². The van der Waals surface area contributed by atoms with Crippen LogP contribution in [0.3, 0.4) is 0 Å². The fraction of sp³-hybridized carbons (Fsp3) is 0.286. The molecular formula is C14H16N2O3. The molecule has 0 fully saturated rings. The number of aromatic nitrogens is 1. The molecule has 0 radical (unpaired) electrons. The molecule has 0 saturated heterocycles. The number of pyridine rings is 1. The van der Waals surface area contributed by atoms with Crippen molar-refractivity contribution >= 4 is 5.91 Å². The molecule has 0 unspecified atom stereocenters. The standard InChI is InChI=1S/C14H16N2O3/c1-10-6-7-12(19-10)11(2)15-13(17)9-16-8-4-3-5-14(16)18/h3-8,11H,9H2,1-2H3,(H,15,17)/t11-/m1/s1.